The van der Waals surface area contributed by atoms with Crippen LogP contribution in [0.1, 0.15) is 33.1 Å². The first-order chi connectivity index (χ1) is 8.51. The number of rotatable bonds is 9. The highest BCUT2D eigenvalue weighted by molar-refractivity contribution is 5.75. The fraction of sp³-hybridized carbons (Fsp3) is 0.833. The van der Waals surface area contributed by atoms with Crippen LogP contribution in [-0.2, 0) is 9.53 Å². The van der Waals surface area contributed by atoms with Gasteiger partial charge in [-0.2, -0.15) is 0 Å². The summed E-state index contributed by atoms with van der Waals surface area (Å²) in [5, 5.41) is 11.5. The predicted molar refractivity (Wildman–Crippen MR) is 68.6 cm³/mol. The SMILES string of the molecule is CCCC(CC(=O)O)NC(=O)N(C)CCOCC. The number of hydrogen-bond donors (Lipinski definition) is 2. The van der Waals surface area contributed by atoms with Gasteiger partial charge in [-0.05, 0) is 13.3 Å². The number of carbonyl (C=O) groups excluding carboxylic acids is 1. The van der Waals surface area contributed by atoms with Gasteiger partial charge in [-0.3, -0.25) is 4.79 Å². The molecule has 18 heavy (non-hydrogen) atoms. The van der Waals surface area contributed by atoms with Crippen molar-refractivity contribution >= 4 is 12.0 Å². The van der Waals surface area contributed by atoms with Crippen LogP contribution in [0.2, 0.25) is 0 Å². The Morgan fingerprint density at radius 2 is 2.06 bits per heavy atom. The fourth-order valence-electron chi connectivity index (χ4n) is 1.52. The zero-order chi connectivity index (χ0) is 14.0. The molecule has 106 valence electrons. The summed E-state index contributed by atoms with van der Waals surface area (Å²) < 4.78 is 5.16. The number of nitrogens with zero attached hydrogens (tertiary/aromatic N) is 1. The van der Waals surface area contributed by atoms with E-state index in [-0.39, 0.29) is 18.5 Å². The molecule has 0 heterocycles. The molecule has 2 amide bonds. The molecule has 1 atom stereocenters. The highest BCUT2D eigenvalue weighted by Crippen LogP contribution is 2.02. The van der Waals surface area contributed by atoms with Crippen LogP contribution >= 0.6 is 0 Å². The maximum atomic E-state index is 11.8. The number of nitrogens with one attached hydrogen (secondary N) is 1. The van der Waals surface area contributed by atoms with Crippen molar-refractivity contribution in [3.8, 4) is 0 Å². The first-order valence-corrected chi connectivity index (χ1v) is 6.32. The third-order valence-corrected chi connectivity index (χ3v) is 2.51. The van der Waals surface area contributed by atoms with Crippen LogP contribution in [0.4, 0.5) is 4.79 Å². The van der Waals surface area contributed by atoms with Crippen LogP contribution in [-0.4, -0.2) is 54.9 Å². The summed E-state index contributed by atoms with van der Waals surface area (Å²) in [6, 6.07) is -0.566. The van der Waals surface area contributed by atoms with Crippen molar-refractivity contribution in [1.29, 1.82) is 0 Å². The van der Waals surface area contributed by atoms with E-state index >= 15 is 0 Å². The molecule has 0 spiro atoms. The highest BCUT2D eigenvalue weighted by atomic mass is 16.5. The van der Waals surface area contributed by atoms with Crippen LogP contribution < -0.4 is 5.32 Å². The van der Waals surface area contributed by atoms with Crippen molar-refractivity contribution in [3.63, 3.8) is 0 Å². The highest BCUT2D eigenvalue weighted by Gasteiger charge is 2.17. The molecule has 0 fully saturated rings. The van der Waals surface area contributed by atoms with Crippen molar-refractivity contribution in [2.24, 2.45) is 0 Å². The van der Waals surface area contributed by atoms with Gasteiger partial charge in [0.05, 0.1) is 13.0 Å². The molecule has 0 rings (SSSR count). The Hall–Kier alpha value is -1.30. The van der Waals surface area contributed by atoms with Crippen molar-refractivity contribution < 1.29 is 19.4 Å². The molecule has 0 aliphatic rings. The lowest BCUT2D eigenvalue weighted by Gasteiger charge is -2.22. The van der Waals surface area contributed by atoms with Crippen LogP contribution in [0.15, 0.2) is 0 Å². The molecule has 2 N–H and O–H groups in total. The molecule has 0 aromatic rings. The number of aliphatic carboxylic acids is 1. The molecule has 1 unspecified atom stereocenters. The molecule has 0 aliphatic heterocycles. The van der Waals surface area contributed by atoms with Crippen molar-refractivity contribution in [2.75, 3.05) is 26.8 Å². The number of carbonyl (C=O) groups is 2. The van der Waals surface area contributed by atoms with Gasteiger partial charge in [0, 0.05) is 26.2 Å². The molecular weight excluding hydrogens is 236 g/mol. The normalized spacial score (nSPS) is 11.9. The number of urea groups is 1. The molecular formula is C12H24N2O4. The summed E-state index contributed by atoms with van der Waals surface area (Å²) in [7, 11) is 1.66. The van der Waals surface area contributed by atoms with Gasteiger partial charge in [-0.25, -0.2) is 4.79 Å². The van der Waals surface area contributed by atoms with Crippen LogP contribution in [0.3, 0.4) is 0 Å². The maximum Gasteiger partial charge on any atom is 0.317 e. The number of hydrogen-bond acceptors (Lipinski definition) is 3. The van der Waals surface area contributed by atoms with E-state index in [2.05, 4.69) is 5.32 Å². The Kier molecular flexibility index (Phi) is 9.00. The maximum absolute atomic E-state index is 11.8. The predicted octanol–water partition coefficient (Wildman–Crippen LogP) is 1.31. The lowest BCUT2D eigenvalue weighted by atomic mass is 10.1. The van der Waals surface area contributed by atoms with Gasteiger partial charge in [-0.15, -0.1) is 0 Å². The quantitative estimate of drug-likeness (QED) is 0.613. The Balaban J connectivity index is 4.09. The summed E-state index contributed by atoms with van der Waals surface area (Å²) in [6.45, 7) is 5.44. The molecule has 6 heteroatoms. The second-order valence-electron chi connectivity index (χ2n) is 4.15. The van der Waals surface area contributed by atoms with Crippen LogP contribution in [0, 0.1) is 0 Å². The Bertz CT molecular complexity index is 258. The van der Waals surface area contributed by atoms with E-state index < -0.39 is 5.97 Å². The minimum Gasteiger partial charge on any atom is -0.481 e. The largest absolute Gasteiger partial charge is 0.481 e. The summed E-state index contributed by atoms with van der Waals surface area (Å²) >= 11 is 0. The Morgan fingerprint density at radius 3 is 2.56 bits per heavy atom. The van der Waals surface area contributed by atoms with Crippen molar-refractivity contribution in [2.45, 2.75) is 39.2 Å². The fourth-order valence-corrected chi connectivity index (χ4v) is 1.52. The summed E-state index contributed by atoms with van der Waals surface area (Å²) in [5.74, 6) is -0.897. The molecule has 0 aliphatic carbocycles. The topological polar surface area (TPSA) is 78.9 Å². The third kappa shape index (κ3) is 7.89. The molecule has 0 aromatic carbocycles. The molecule has 0 bridgehead atoms. The third-order valence-electron chi connectivity index (χ3n) is 2.51. The molecule has 6 nitrogen and oxygen atoms in total. The van der Waals surface area contributed by atoms with Gasteiger partial charge in [-0.1, -0.05) is 13.3 Å². The zero-order valence-corrected chi connectivity index (χ0v) is 11.4. The molecule has 0 radical (unpaired) electrons. The lowest BCUT2D eigenvalue weighted by molar-refractivity contribution is -0.137. The second-order valence-corrected chi connectivity index (χ2v) is 4.15. The van der Waals surface area contributed by atoms with Gasteiger partial charge < -0.3 is 20.1 Å². The van der Waals surface area contributed by atoms with E-state index in [1.165, 1.54) is 4.90 Å². The van der Waals surface area contributed by atoms with E-state index in [4.69, 9.17) is 9.84 Å². The molecule has 0 aromatic heterocycles. The van der Waals surface area contributed by atoms with Crippen LogP contribution in [0.5, 0.6) is 0 Å². The molecule has 0 saturated heterocycles. The van der Waals surface area contributed by atoms with Crippen molar-refractivity contribution in [3.05, 3.63) is 0 Å². The van der Waals surface area contributed by atoms with E-state index in [9.17, 15) is 9.59 Å². The first kappa shape index (κ1) is 16.7. The Morgan fingerprint density at radius 1 is 1.39 bits per heavy atom. The standard InChI is InChI=1S/C12H24N2O4/c1-4-6-10(9-11(15)16)13-12(17)14(3)7-8-18-5-2/h10H,4-9H2,1-3H3,(H,13,17)(H,15,16). The zero-order valence-electron chi connectivity index (χ0n) is 11.4. The lowest BCUT2D eigenvalue weighted by Crippen LogP contribution is -2.44. The minimum atomic E-state index is -0.897. The number of likely N-dealkylation sites (N-methyl/N-ethyl adjacent to an activating group) is 1. The number of carboxylic acids is 1. The van der Waals surface area contributed by atoms with Gasteiger partial charge in [0.1, 0.15) is 0 Å². The monoisotopic (exact) mass is 260 g/mol. The van der Waals surface area contributed by atoms with Gasteiger partial charge in [0.25, 0.3) is 0 Å². The Labute approximate surface area is 108 Å². The smallest absolute Gasteiger partial charge is 0.317 e. The van der Waals surface area contributed by atoms with E-state index in [1.807, 2.05) is 13.8 Å². The van der Waals surface area contributed by atoms with Gasteiger partial charge in [0.15, 0.2) is 0 Å². The number of amides is 2. The summed E-state index contributed by atoms with van der Waals surface area (Å²) in [6.07, 6.45) is 1.46. The van der Waals surface area contributed by atoms with Gasteiger partial charge >= 0.3 is 12.0 Å². The first-order valence-electron chi connectivity index (χ1n) is 6.32. The minimum absolute atomic E-state index is 0.0428. The van der Waals surface area contributed by atoms with Gasteiger partial charge in [0.2, 0.25) is 0 Å². The van der Waals surface area contributed by atoms with Crippen LogP contribution in [0.25, 0.3) is 0 Å². The van der Waals surface area contributed by atoms with E-state index in [0.29, 0.717) is 26.2 Å². The van der Waals surface area contributed by atoms with E-state index in [0.717, 1.165) is 6.42 Å². The summed E-state index contributed by atoms with van der Waals surface area (Å²) in [5.41, 5.74) is 0. The molecule has 0 saturated carbocycles. The van der Waals surface area contributed by atoms with E-state index in [1.54, 1.807) is 7.05 Å². The number of carboxylic acid groups (broad SMARTS) is 1. The number of ether oxygens (including phenoxy) is 1. The average Bonchev–Trinajstić information content (AvgIpc) is 2.28. The second kappa shape index (κ2) is 9.70. The van der Waals surface area contributed by atoms with Crippen molar-refractivity contribution in [1.82, 2.24) is 10.2 Å². The average molecular weight is 260 g/mol. The summed E-state index contributed by atoms with van der Waals surface area (Å²) in [4.78, 5) is 23.9.